The van der Waals surface area contributed by atoms with Crippen LogP contribution in [0.2, 0.25) is 0 Å². The summed E-state index contributed by atoms with van der Waals surface area (Å²) in [5.41, 5.74) is 4.34. The number of hydrogen-bond donors (Lipinski definition) is 5. The number of amides is 1. The lowest BCUT2D eigenvalue weighted by molar-refractivity contribution is 0.100. The molecule has 0 radical (unpaired) electrons. The molecule has 1 amide bonds. The zero-order chi connectivity index (χ0) is 26.3. The molecule has 0 aliphatic carbocycles. The van der Waals surface area contributed by atoms with Gasteiger partial charge in [-0.2, -0.15) is 0 Å². The number of nitrogens with one attached hydrogen (secondary N) is 3. The van der Waals surface area contributed by atoms with E-state index < -0.39 is 6.10 Å². The van der Waals surface area contributed by atoms with Crippen LogP contribution in [0.3, 0.4) is 0 Å². The van der Waals surface area contributed by atoms with E-state index in [2.05, 4.69) is 21.7 Å². The van der Waals surface area contributed by atoms with E-state index in [0.717, 1.165) is 33.1 Å². The minimum atomic E-state index is -0.750. The van der Waals surface area contributed by atoms with E-state index in [4.69, 9.17) is 4.74 Å². The first-order valence-electron chi connectivity index (χ1n) is 12.7. The molecule has 0 fully saturated rings. The number of benzene rings is 4. The molecule has 5 aromatic rings. The predicted octanol–water partition coefficient (Wildman–Crippen LogP) is 4.51. The number of anilines is 1. The second kappa shape index (κ2) is 11.9. The summed E-state index contributed by atoms with van der Waals surface area (Å²) in [4.78, 5) is 15.7. The van der Waals surface area contributed by atoms with Gasteiger partial charge in [0.2, 0.25) is 0 Å². The average Bonchev–Trinajstić information content (AvgIpc) is 3.35. The number of aliphatic hydroxyl groups excluding tert-OH is 2. The maximum absolute atomic E-state index is 12.3. The van der Waals surface area contributed by atoms with Gasteiger partial charge in [0.25, 0.3) is 5.91 Å². The highest BCUT2D eigenvalue weighted by atomic mass is 16.5. The number of carbonyl (C=O) groups is 1. The van der Waals surface area contributed by atoms with E-state index in [1.165, 1.54) is 0 Å². The summed E-state index contributed by atoms with van der Waals surface area (Å²) in [6.45, 7) is 0.328. The second-order valence-corrected chi connectivity index (χ2v) is 9.32. The minimum absolute atomic E-state index is 0.0747. The van der Waals surface area contributed by atoms with Crippen LogP contribution in [-0.4, -0.2) is 53.0 Å². The van der Waals surface area contributed by atoms with Gasteiger partial charge in [-0.25, -0.2) is 0 Å². The van der Waals surface area contributed by atoms with E-state index in [0.29, 0.717) is 17.7 Å². The molecule has 194 valence electrons. The number of aromatic amines is 1. The fourth-order valence-corrected chi connectivity index (χ4v) is 4.54. The van der Waals surface area contributed by atoms with Gasteiger partial charge >= 0.3 is 0 Å². The van der Waals surface area contributed by atoms with Gasteiger partial charge < -0.3 is 30.6 Å². The van der Waals surface area contributed by atoms with E-state index >= 15 is 0 Å². The van der Waals surface area contributed by atoms with Crippen LogP contribution in [0, 0.1) is 0 Å². The van der Waals surface area contributed by atoms with E-state index in [-0.39, 0.29) is 31.7 Å². The second-order valence-electron chi connectivity index (χ2n) is 9.32. The van der Waals surface area contributed by atoms with Crippen molar-refractivity contribution in [3.8, 4) is 5.75 Å². The van der Waals surface area contributed by atoms with Crippen molar-refractivity contribution in [1.82, 2.24) is 10.3 Å². The lowest BCUT2D eigenvalue weighted by Gasteiger charge is -2.20. The Balaban J connectivity index is 1.12. The van der Waals surface area contributed by atoms with E-state index in [9.17, 15) is 15.0 Å². The Morgan fingerprint density at radius 3 is 2.39 bits per heavy atom. The summed E-state index contributed by atoms with van der Waals surface area (Å²) in [5.74, 6) is 0.558. The Hall–Kier alpha value is -4.17. The van der Waals surface area contributed by atoms with E-state index in [1.54, 1.807) is 12.1 Å². The summed E-state index contributed by atoms with van der Waals surface area (Å²) >= 11 is 0. The molecule has 5 rings (SSSR count). The maximum atomic E-state index is 12.3. The lowest BCUT2D eigenvalue weighted by atomic mass is 10.1. The summed E-state index contributed by atoms with van der Waals surface area (Å²) in [6, 6.07) is 30.3. The highest BCUT2D eigenvalue weighted by molar-refractivity contribution is 6.10. The van der Waals surface area contributed by atoms with Crippen molar-refractivity contribution in [2.24, 2.45) is 0 Å². The van der Waals surface area contributed by atoms with Gasteiger partial charge in [0.15, 0.2) is 0 Å². The average molecular weight is 510 g/mol. The van der Waals surface area contributed by atoms with Crippen molar-refractivity contribution in [3.63, 3.8) is 0 Å². The van der Waals surface area contributed by atoms with Crippen LogP contribution in [0.5, 0.6) is 5.75 Å². The fraction of sp³-hybridized carbons (Fsp3) is 0.194. The van der Waals surface area contributed by atoms with Crippen LogP contribution in [0.1, 0.15) is 15.9 Å². The van der Waals surface area contributed by atoms with Gasteiger partial charge in [0, 0.05) is 40.1 Å². The van der Waals surface area contributed by atoms with Gasteiger partial charge in [-0.1, -0.05) is 54.6 Å². The van der Waals surface area contributed by atoms with Crippen LogP contribution >= 0.6 is 0 Å². The molecular formula is C31H31N3O4. The summed E-state index contributed by atoms with van der Waals surface area (Å²) in [5, 5.41) is 28.6. The molecule has 5 N–H and O–H groups in total. The number of ether oxygens (including phenoxy) is 1. The smallest absolute Gasteiger partial charge is 0.255 e. The molecule has 0 unspecified atom stereocenters. The molecule has 1 aromatic heterocycles. The number of aromatic nitrogens is 1. The lowest BCUT2D eigenvalue weighted by Crippen LogP contribution is -2.41. The first-order valence-corrected chi connectivity index (χ1v) is 12.7. The normalized spacial score (nSPS) is 12.9. The molecule has 2 atom stereocenters. The molecule has 0 saturated carbocycles. The maximum Gasteiger partial charge on any atom is 0.255 e. The zero-order valence-electron chi connectivity index (χ0n) is 20.9. The van der Waals surface area contributed by atoms with Gasteiger partial charge in [-0.05, 0) is 54.4 Å². The van der Waals surface area contributed by atoms with Crippen molar-refractivity contribution < 1.29 is 19.7 Å². The summed E-state index contributed by atoms with van der Waals surface area (Å²) < 4.78 is 6.00. The number of para-hydroxylation sites is 1. The molecule has 0 saturated heterocycles. The molecule has 7 heteroatoms. The third kappa shape index (κ3) is 6.03. The Labute approximate surface area is 221 Å². The Bertz CT molecular complexity index is 1500. The van der Waals surface area contributed by atoms with Crippen molar-refractivity contribution in [3.05, 3.63) is 108 Å². The van der Waals surface area contributed by atoms with Crippen LogP contribution < -0.4 is 15.4 Å². The number of fused-ring (bicyclic) bond motifs is 3. The SMILES string of the molecule is O=C(Nc1ccc(C[C@@H](CO)NC[C@H](O)COc2cccc3[nH]c4ccccc4c23)cc1)c1ccccc1. The van der Waals surface area contributed by atoms with Crippen LogP contribution in [0.15, 0.2) is 97.1 Å². The third-order valence-electron chi connectivity index (χ3n) is 6.52. The van der Waals surface area contributed by atoms with E-state index in [1.807, 2.05) is 78.9 Å². The number of rotatable bonds is 11. The van der Waals surface area contributed by atoms with Crippen molar-refractivity contribution in [2.45, 2.75) is 18.6 Å². The predicted molar refractivity (Wildman–Crippen MR) is 151 cm³/mol. The van der Waals surface area contributed by atoms with Crippen molar-refractivity contribution >= 4 is 33.4 Å². The topological polar surface area (TPSA) is 107 Å². The summed E-state index contributed by atoms with van der Waals surface area (Å²) in [6.07, 6.45) is -0.175. The summed E-state index contributed by atoms with van der Waals surface area (Å²) in [7, 11) is 0. The van der Waals surface area contributed by atoms with Gasteiger partial charge in [0.05, 0.1) is 12.1 Å². The Morgan fingerprint density at radius 1 is 0.868 bits per heavy atom. The zero-order valence-corrected chi connectivity index (χ0v) is 20.9. The minimum Gasteiger partial charge on any atom is -0.490 e. The highest BCUT2D eigenvalue weighted by Gasteiger charge is 2.14. The molecule has 0 spiro atoms. The molecule has 1 heterocycles. The quantitative estimate of drug-likeness (QED) is 0.180. The monoisotopic (exact) mass is 509 g/mol. The van der Waals surface area contributed by atoms with Crippen molar-refractivity contribution in [2.75, 3.05) is 25.1 Å². The largest absolute Gasteiger partial charge is 0.490 e. The molecule has 0 bridgehead atoms. The van der Waals surface area contributed by atoms with Crippen molar-refractivity contribution in [1.29, 1.82) is 0 Å². The standard InChI is InChI=1S/C31H31N3O4/c35-19-24(17-21-13-15-23(16-14-21)33-31(37)22-7-2-1-3-8-22)32-18-25(36)20-38-29-12-6-11-28-30(29)26-9-4-5-10-27(26)34-28/h1-16,24-25,32,34-36H,17-20H2,(H,33,37)/t24-,25-/m0/s1. The fourth-order valence-electron chi connectivity index (χ4n) is 4.54. The number of aliphatic hydroxyl groups is 2. The Kier molecular flexibility index (Phi) is 7.99. The molecule has 38 heavy (non-hydrogen) atoms. The first kappa shape index (κ1) is 25.5. The molecule has 0 aliphatic heterocycles. The Morgan fingerprint density at radius 2 is 1.61 bits per heavy atom. The highest BCUT2D eigenvalue weighted by Crippen LogP contribution is 2.33. The van der Waals surface area contributed by atoms with Crippen LogP contribution in [0.4, 0.5) is 5.69 Å². The van der Waals surface area contributed by atoms with Crippen LogP contribution in [-0.2, 0) is 6.42 Å². The molecular weight excluding hydrogens is 478 g/mol. The van der Waals surface area contributed by atoms with Gasteiger partial charge in [-0.15, -0.1) is 0 Å². The number of hydrogen-bond acceptors (Lipinski definition) is 5. The van der Waals surface area contributed by atoms with Gasteiger partial charge in [-0.3, -0.25) is 4.79 Å². The first-order chi connectivity index (χ1) is 18.6. The van der Waals surface area contributed by atoms with Gasteiger partial charge in [0.1, 0.15) is 18.5 Å². The molecule has 4 aromatic carbocycles. The third-order valence-corrected chi connectivity index (χ3v) is 6.52. The number of H-pyrrole nitrogens is 1. The molecule has 0 aliphatic rings. The number of carbonyl (C=O) groups excluding carboxylic acids is 1. The van der Waals surface area contributed by atoms with Crippen LogP contribution in [0.25, 0.3) is 21.8 Å². The molecule has 7 nitrogen and oxygen atoms in total.